The third-order valence-corrected chi connectivity index (χ3v) is 6.15. The Morgan fingerprint density at radius 2 is 1.04 bits per heavy atom. The van der Waals surface area contributed by atoms with E-state index in [1.165, 1.54) is 52.7 Å². The van der Waals surface area contributed by atoms with E-state index in [4.69, 9.17) is 18.9 Å². The molecule has 2 rings (SSSR count). The van der Waals surface area contributed by atoms with Gasteiger partial charge in [0.15, 0.2) is 23.0 Å². The van der Waals surface area contributed by atoms with Crippen LogP contribution < -0.4 is 18.9 Å². The molecule has 0 spiro atoms. The number of carboxylic acid groups (broad SMARTS) is 2. The van der Waals surface area contributed by atoms with Gasteiger partial charge in [-0.2, -0.15) is 0 Å². The molecule has 0 aromatic heterocycles. The number of benzene rings is 2. The first-order chi connectivity index (χ1) is 13.4. The van der Waals surface area contributed by atoms with Crippen LogP contribution in [0.4, 0.5) is 0 Å². The second kappa shape index (κ2) is 9.47. The Labute approximate surface area is 169 Å². The Hall–Kier alpha value is -2.72. The summed E-state index contributed by atoms with van der Waals surface area (Å²) in [4.78, 5) is 23.8. The third-order valence-electron chi connectivity index (χ3n) is 3.67. The molecule has 0 aliphatic heterocycles. The van der Waals surface area contributed by atoms with E-state index in [2.05, 4.69) is 0 Å². The fourth-order valence-electron chi connectivity index (χ4n) is 2.38. The van der Waals surface area contributed by atoms with Gasteiger partial charge in [0.25, 0.3) is 0 Å². The van der Waals surface area contributed by atoms with Crippen molar-refractivity contribution in [2.24, 2.45) is 0 Å². The predicted octanol–water partition coefficient (Wildman–Crippen LogP) is 3.92. The van der Waals surface area contributed by atoms with Gasteiger partial charge >= 0.3 is 11.9 Å². The lowest BCUT2D eigenvalue weighted by Gasteiger charge is -2.17. The van der Waals surface area contributed by atoms with E-state index in [0.717, 1.165) is 21.6 Å². The topological polar surface area (TPSA) is 112 Å². The Morgan fingerprint density at radius 3 is 1.29 bits per heavy atom. The van der Waals surface area contributed by atoms with Crippen LogP contribution in [0.1, 0.15) is 20.7 Å². The predicted molar refractivity (Wildman–Crippen MR) is 105 cm³/mol. The lowest BCUT2D eigenvalue weighted by molar-refractivity contribution is 0.0681. The molecule has 0 unspecified atom stereocenters. The fraction of sp³-hybridized carbons (Fsp3) is 0.222. The van der Waals surface area contributed by atoms with Gasteiger partial charge in [-0.25, -0.2) is 9.59 Å². The fourth-order valence-corrected chi connectivity index (χ4v) is 5.05. The maximum Gasteiger partial charge on any atom is 0.337 e. The SMILES string of the molecule is COc1ccc(C(=O)O)c(SSc2c(C(=O)O)ccc(OC)c2OC)c1OC. The minimum Gasteiger partial charge on any atom is -0.493 e. The number of methoxy groups -OCH3 is 4. The van der Waals surface area contributed by atoms with E-state index in [9.17, 15) is 19.8 Å². The molecule has 0 aliphatic carbocycles. The number of carboxylic acids is 2. The van der Waals surface area contributed by atoms with E-state index in [1.54, 1.807) is 0 Å². The van der Waals surface area contributed by atoms with Crippen molar-refractivity contribution < 1.29 is 38.7 Å². The summed E-state index contributed by atoms with van der Waals surface area (Å²) < 4.78 is 21.1. The Kier molecular flexibility index (Phi) is 7.30. The van der Waals surface area contributed by atoms with Crippen molar-refractivity contribution in [2.45, 2.75) is 9.79 Å². The number of carbonyl (C=O) groups is 2. The van der Waals surface area contributed by atoms with Crippen molar-refractivity contribution in [1.82, 2.24) is 0 Å². The molecule has 0 aliphatic rings. The van der Waals surface area contributed by atoms with Gasteiger partial charge in [-0.3, -0.25) is 0 Å². The summed E-state index contributed by atoms with van der Waals surface area (Å²) in [6.07, 6.45) is 0. The van der Waals surface area contributed by atoms with Crippen LogP contribution in [0.3, 0.4) is 0 Å². The van der Waals surface area contributed by atoms with Crippen LogP contribution in [-0.4, -0.2) is 50.6 Å². The first-order valence-electron chi connectivity index (χ1n) is 7.70. The molecule has 0 saturated carbocycles. The molecule has 150 valence electrons. The van der Waals surface area contributed by atoms with Crippen LogP contribution in [0.25, 0.3) is 0 Å². The van der Waals surface area contributed by atoms with Crippen molar-refractivity contribution in [1.29, 1.82) is 0 Å². The Morgan fingerprint density at radius 1 is 0.679 bits per heavy atom. The van der Waals surface area contributed by atoms with Gasteiger partial charge in [0.1, 0.15) is 0 Å². The Balaban J connectivity index is 2.57. The zero-order chi connectivity index (χ0) is 20.8. The van der Waals surface area contributed by atoms with Gasteiger partial charge in [0.05, 0.1) is 49.4 Å². The minimum absolute atomic E-state index is 0.00566. The van der Waals surface area contributed by atoms with E-state index in [1.807, 2.05) is 0 Å². The summed E-state index contributed by atoms with van der Waals surface area (Å²) >= 11 is 0. The van der Waals surface area contributed by atoms with Gasteiger partial charge in [0.2, 0.25) is 0 Å². The van der Waals surface area contributed by atoms with E-state index >= 15 is 0 Å². The maximum absolute atomic E-state index is 11.6. The van der Waals surface area contributed by atoms with Gasteiger partial charge < -0.3 is 29.2 Å². The first-order valence-corrected chi connectivity index (χ1v) is 9.85. The number of hydrogen-bond donors (Lipinski definition) is 2. The summed E-state index contributed by atoms with van der Waals surface area (Å²) in [5.41, 5.74) is -0.0113. The van der Waals surface area contributed by atoms with E-state index in [-0.39, 0.29) is 32.4 Å². The molecule has 0 atom stereocenters. The van der Waals surface area contributed by atoms with Crippen molar-refractivity contribution in [3.8, 4) is 23.0 Å². The second-order valence-corrected chi connectivity index (χ2v) is 7.28. The smallest absolute Gasteiger partial charge is 0.337 e. The molecule has 2 aromatic carbocycles. The highest BCUT2D eigenvalue weighted by Crippen LogP contribution is 2.51. The van der Waals surface area contributed by atoms with Crippen molar-refractivity contribution in [3.05, 3.63) is 35.4 Å². The van der Waals surface area contributed by atoms with Gasteiger partial charge in [-0.15, -0.1) is 0 Å². The van der Waals surface area contributed by atoms with Crippen LogP contribution in [-0.2, 0) is 0 Å². The summed E-state index contributed by atoms with van der Waals surface area (Å²) in [6, 6.07) is 5.78. The molecule has 0 saturated heterocycles. The highest BCUT2D eigenvalue weighted by atomic mass is 33.1. The van der Waals surface area contributed by atoms with Crippen LogP contribution in [0.5, 0.6) is 23.0 Å². The largest absolute Gasteiger partial charge is 0.493 e. The van der Waals surface area contributed by atoms with E-state index in [0.29, 0.717) is 11.5 Å². The number of hydrogen-bond acceptors (Lipinski definition) is 8. The van der Waals surface area contributed by atoms with Gasteiger partial charge in [0, 0.05) is 0 Å². The zero-order valence-electron chi connectivity index (χ0n) is 15.5. The minimum atomic E-state index is -1.15. The molecule has 0 heterocycles. The molecule has 2 aromatic rings. The van der Waals surface area contributed by atoms with Crippen molar-refractivity contribution >= 4 is 33.5 Å². The zero-order valence-corrected chi connectivity index (χ0v) is 17.1. The van der Waals surface area contributed by atoms with Crippen molar-refractivity contribution in [2.75, 3.05) is 28.4 Å². The quantitative estimate of drug-likeness (QED) is 0.572. The average molecular weight is 426 g/mol. The maximum atomic E-state index is 11.6. The second-order valence-electron chi connectivity index (χ2n) is 5.13. The molecule has 0 radical (unpaired) electrons. The number of ether oxygens (including phenoxy) is 4. The summed E-state index contributed by atoms with van der Waals surface area (Å²) in [6.45, 7) is 0. The lowest BCUT2D eigenvalue weighted by atomic mass is 10.2. The van der Waals surface area contributed by atoms with Crippen LogP contribution in [0.15, 0.2) is 34.1 Å². The molecule has 8 nitrogen and oxygen atoms in total. The normalized spacial score (nSPS) is 10.3. The van der Waals surface area contributed by atoms with Crippen LogP contribution >= 0.6 is 21.6 Å². The third kappa shape index (κ3) is 4.23. The van der Waals surface area contributed by atoms with Crippen molar-refractivity contribution in [3.63, 3.8) is 0 Å². The van der Waals surface area contributed by atoms with Gasteiger partial charge in [-0.05, 0) is 45.9 Å². The molecule has 0 amide bonds. The number of aromatic carboxylic acids is 2. The van der Waals surface area contributed by atoms with Crippen LogP contribution in [0, 0.1) is 0 Å². The van der Waals surface area contributed by atoms with E-state index < -0.39 is 11.9 Å². The van der Waals surface area contributed by atoms with Crippen LogP contribution in [0.2, 0.25) is 0 Å². The highest BCUT2D eigenvalue weighted by molar-refractivity contribution is 8.76. The lowest BCUT2D eigenvalue weighted by Crippen LogP contribution is -2.03. The molecule has 0 bridgehead atoms. The summed E-state index contributed by atoms with van der Waals surface area (Å²) in [5.74, 6) is -1.13. The molecule has 2 N–H and O–H groups in total. The van der Waals surface area contributed by atoms with Gasteiger partial charge in [-0.1, -0.05) is 0 Å². The molecular formula is C18H18O8S2. The summed E-state index contributed by atoms with van der Waals surface area (Å²) in [5, 5.41) is 19.0. The molecule has 10 heteroatoms. The average Bonchev–Trinajstić information content (AvgIpc) is 2.69. The first kappa shape index (κ1) is 21.6. The molecule has 28 heavy (non-hydrogen) atoms. The summed E-state index contributed by atoms with van der Waals surface area (Å²) in [7, 11) is 7.71. The highest BCUT2D eigenvalue weighted by Gasteiger charge is 2.24. The monoisotopic (exact) mass is 426 g/mol. The Bertz CT molecular complexity index is 824. The molecular weight excluding hydrogens is 408 g/mol. The number of rotatable bonds is 9. The standard InChI is InChI=1S/C18H18O8S2/c1-23-11-7-5-9(17(19)20)15(13(11)25-3)27-28-16-10(18(21)22)6-8-12(24-2)14(16)26-4/h5-8H,1-4H3,(H,19,20)(H,21,22). The molecule has 0 fully saturated rings.